The summed E-state index contributed by atoms with van der Waals surface area (Å²) in [4.78, 5) is 17.9. The third-order valence-electron chi connectivity index (χ3n) is 3.44. The van der Waals surface area contributed by atoms with Crippen LogP contribution in [0, 0.1) is 0 Å². The van der Waals surface area contributed by atoms with Crippen LogP contribution in [0.1, 0.15) is 12.5 Å². The van der Waals surface area contributed by atoms with E-state index in [9.17, 15) is 4.79 Å². The van der Waals surface area contributed by atoms with Crippen molar-refractivity contribution in [3.05, 3.63) is 29.8 Å². The number of carbonyl (C=O) groups is 1. The Morgan fingerprint density at radius 2 is 1.92 bits per heavy atom. The lowest BCUT2D eigenvalue weighted by Gasteiger charge is -2.16. The van der Waals surface area contributed by atoms with E-state index in [1.807, 2.05) is 24.3 Å². The highest BCUT2D eigenvalue weighted by Gasteiger charge is 2.07. The Balaban J connectivity index is 0.00000576. The number of benzene rings is 1. The number of nitrogens with zero attached hydrogens (tertiary/aromatic N) is 2. The summed E-state index contributed by atoms with van der Waals surface area (Å²) in [5.74, 6) is 1.47. The van der Waals surface area contributed by atoms with Gasteiger partial charge in [0.25, 0.3) is 0 Å². The van der Waals surface area contributed by atoms with Gasteiger partial charge in [0.15, 0.2) is 5.96 Å². The van der Waals surface area contributed by atoms with Gasteiger partial charge in [-0.05, 0) is 24.0 Å². The minimum Gasteiger partial charge on any atom is -0.497 e. The third-order valence-corrected chi connectivity index (χ3v) is 4.42. The number of likely N-dealkylation sites (N-methyl/N-ethyl adjacent to an activating group) is 1. The van der Waals surface area contributed by atoms with E-state index in [4.69, 9.17) is 4.74 Å². The SMILES string of the molecule is COc1ccc(CN=C(NCC(=O)N(C)C)NCC(C)SC)cc1.I. The average Bonchev–Trinajstić information content (AvgIpc) is 2.60. The van der Waals surface area contributed by atoms with Crippen LogP contribution >= 0.6 is 35.7 Å². The van der Waals surface area contributed by atoms with E-state index in [1.165, 1.54) is 0 Å². The zero-order chi connectivity index (χ0) is 17.9. The molecule has 0 aromatic heterocycles. The number of rotatable bonds is 8. The van der Waals surface area contributed by atoms with Crippen LogP contribution in [0.5, 0.6) is 5.75 Å². The Hall–Kier alpha value is -1.16. The van der Waals surface area contributed by atoms with Crippen molar-refractivity contribution in [2.45, 2.75) is 18.7 Å². The Bertz CT molecular complexity index is 538. The molecule has 0 saturated heterocycles. The molecule has 1 aromatic carbocycles. The molecule has 1 aromatic rings. The first-order valence-corrected chi connectivity index (χ1v) is 9.13. The lowest BCUT2D eigenvalue weighted by Crippen LogP contribution is -2.44. The maximum Gasteiger partial charge on any atom is 0.241 e. The molecule has 8 heteroatoms. The van der Waals surface area contributed by atoms with Crippen LogP contribution in [0.4, 0.5) is 0 Å². The maximum absolute atomic E-state index is 11.7. The fourth-order valence-electron chi connectivity index (χ4n) is 1.72. The van der Waals surface area contributed by atoms with E-state index in [2.05, 4.69) is 28.8 Å². The van der Waals surface area contributed by atoms with Crippen LogP contribution in [0.3, 0.4) is 0 Å². The summed E-state index contributed by atoms with van der Waals surface area (Å²) in [5, 5.41) is 6.83. The average molecular weight is 480 g/mol. The van der Waals surface area contributed by atoms with Gasteiger partial charge < -0.3 is 20.3 Å². The van der Waals surface area contributed by atoms with Crippen molar-refractivity contribution in [3.8, 4) is 5.75 Å². The number of guanidine groups is 1. The Kier molecular flexibility index (Phi) is 12.5. The second-order valence-corrected chi connectivity index (χ2v) is 6.86. The topological polar surface area (TPSA) is 66.0 Å². The Morgan fingerprint density at radius 3 is 2.44 bits per heavy atom. The molecule has 0 fully saturated rings. The maximum atomic E-state index is 11.7. The van der Waals surface area contributed by atoms with Crippen LogP contribution < -0.4 is 15.4 Å². The van der Waals surface area contributed by atoms with E-state index in [0.29, 0.717) is 17.8 Å². The van der Waals surface area contributed by atoms with Gasteiger partial charge in [-0.25, -0.2) is 4.99 Å². The summed E-state index contributed by atoms with van der Waals surface area (Å²) >= 11 is 1.78. The normalized spacial score (nSPS) is 12.0. The number of hydrogen-bond donors (Lipinski definition) is 2. The number of halogens is 1. The molecule has 1 unspecified atom stereocenters. The summed E-state index contributed by atoms with van der Waals surface area (Å²) in [6.45, 7) is 3.67. The van der Waals surface area contributed by atoms with Crippen molar-refractivity contribution >= 4 is 47.6 Å². The van der Waals surface area contributed by atoms with Gasteiger partial charge in [-0.2, -0.15) is 11.8 Å². The molecule has 1 atom stereocenters. The minimum absolute atomic E-state index is 0. The zero-order valence-electron chi connectivity index (χ0n) is 15.5. The molecule has 0 aliphatic heterocycles. The number of methoxy groups -OCH3 is 1. The molecular weight excluding hydrogens is 451 g/mol. The fraction of sp³-hybridized carbons (Fsp3) is 0.529. The molecule has 0 radical (unpaired) electrons. The third kappa shape index (κ3) is 9.78. The summed E-state index contributed by atoms with van der Waals surface area (Å²) in [6.07, 6.45) is 2.07. The van der Waals surface area contributed by atoms with Gasteiger partial charge in [-0.3, -0.25) is 4.79 Å². The van der Waals surface area contributed by atoms with Gasteiger partial charge in [0, 0.05) is 25.9 Å². The first-order valence-electron chi connectivity index (χ1n) is 7.84. The number of nitrogens with one attached hydrogen (secondary N) is 2. The molecule has 0 spiro atoms. The first kappa shape index (κ1) is 23.8. The van der Waals surface area contributed by atoms with Crippen molar-refractivity contribution in [3.63, 3.8) is 0 Å². The molecule has 25 heavy (non-hydrogen) atoms. The van der Waals surface area contributed by atoms with Gasteiger partial charge in [0.05, 0.1) is 20.2 Å². The van der Waals surface area contributed by atoms with Crippen molar-refractivity contribution in [2.75, 3.05) is 40.6 Å². The number of thioether (sulfide) groups is 1. The highest BCUT2D eigenvalue weighted by atomic mass is 127. The van der Waals surface area contributed by atoms with Crippen LogP contribution in [0.2, 0.25) is 0 Å². The second kappa shape index (κ2) is 13.1. The monoisotopic (exact) mass is 480 g/mol. The second-order valence-electron chi connectivity index (χ2n) is 5.58. The minimum atomic E-state index is 0. The van der Waals surface area contributed by atoms with E-state index < -0.39 is 0 Å². The largest absolute Gasteiger partial charge is 0.497 e. The van der Waals surface area contributed by atoms with Gasteiger partial charge in [0.1, 0.15) is 5.75 Å². The molecule has 1 amide bonds. The van der Waals surface area contributed by atoms with E-state index in [1.54, 1.807) is 37.9 Å². The molecular formula is C17H29IN4O2S. The number of amides is 1. The van der Waals surface area contributed by atoms with E-state index in [0.717, 1.165) is 17.9 Å². The summed E-state index contributed by atoms with van der Waals surface area (Å²) in [6, 6.07) is 7.79. The van der Waals surface area contributed by atoms with Gasteiger partial charge in [0.2, 0.25) is 5.91 Å². The van der Waals surface area contributed by atoms with Gasteiger partial charge >= 0.3 is 0 Å². The molecule has 0 aliphatic rings. The predicted molar refractivity (Wildman–Crippen MR) is 117 cm³/mol. The number of hydrogen-bond acceptors (Lipinski definition) is 4. The highest BCUT2D eigenvalue weighted by Crippen LogP contribution is 2.11. The molecule has 142 valence electrons. The molecule has 0 bridgehead atoms. The molecule has 0 heterocycles. The number of ether oxygens (including phenoxy) is 1. The summed E-state index contributed by atoms with van der Waals surface area (Å²) < 4.78 is 5.15. The Morgan fingerprint density at radius 1 is 1.28 bits per heavy atom. The van der Waals surface area contributed by atoms with Crippen molar-refractivity contribution in [2.24, 2.45) is 4.99 Å². The van der Waals surface area contributed by atoms with E-state index in [-0.39, 0.29) is 36.4 Å². The summed E-state index contributed by atoms with van der Waals surface area (Å²) in [5.41, 5.74) is 1.08. The molecule has 0 saturated carbocycles. The standard InChI is InChI=1S/C17H28N4O2S.HI/c1-13(24-5)10-18-17(20-12-16(22)21(2)3)19-11-14-6-8-15(23-4)9-7-14;/h6-9,13H,10-12H2,1-5H3,(H2,18,19,20);1H. The smallest absolute Gasteiger partial charge is 0.241 e. The number of carbonyl (C=O) groups excluding carboxylic acids is 1. The number of aliphatic imine (C=N–C) groups is 1. The summed E-state index contributed by atoms with van der Waals surface area (Å²) in [7, 11) is 5.12. The van der Waals surface area contributed by atoms with Crippen molar-refractivity contribution < 1.29 is 9.53 Å². The van der Waals surface area contributed by atoms with Crippen molar-refractivity contribution in [1.82, 2.24) is 15.5 Å². The first-order chi connectivity index (χ1) is 11.5. The molecule has 0 aliphatic carbocycles. The van der Waals surface area contributed by atoms with Crippen molar-refractivity contribution in [1.29, 1.82) is 0 Å². The predicted octanol–water partition coefficient (Wildman–Crippen LogP) is 2.19. The van der Waals surface area contributed by atoms with Gasteiger partial charge in [-0.15, -0.1) is 24.0 Å². The van der Waals surface area contributed by atoms with Crippen LogP contribution in [-0.2, 0) is 11.3 Å². The lowest BCUT2D eigenvalue weighted by atomic mass is 10.2. The van der Waals surface area contributed by atoms with Crippen LogP contribution in [0.15, 0.2) is 29.3 Å². The quantitative estimate of drug-likeness (QED) is 0.339. The fourth-order valence-corrected chi connectivity index (χ4v) is 1.97. The zero-order valence-corrected chi connectivity index (χ0v) is 18.7. The molecule has 1 rings (SSSR count). The highest BCUT2D eigenvalue weighted by molar-refractivity contribution is 14.0. The molecule has 2 N–H and O–H groups in total. The molecule has 6 nitrogen and oxygen atoms in total. The van der Waals surface area contributed by atoms with Crippen LogP contribution in [0.25, 0.3) is 0 Å². The van der Waals surface area contributed by atoms with Gasteiger partial charge in [-0.1, -0.05) is 19.1 Å². The van der Waals surface area contributed by atoms with E-state index >= 15 is 0 Å². The lowest BCUT2D eigenvalue weighted by molar-refractivity contribution is -0.127. The van der Waals surface area contributed by atoms with Crippen LogP contribution in [-0.4, -0.2) is 62.6 Å². The Labute approximate surface area is 172 Å².